The number of aliphatic hydroxyl groups is 1. The van der Waals surface area contributed by atoms with Gasteiger partial charge in [0.15, 0.2) is 0 Å². The number of hydrogen-bond acceptors (Lipinski definition) is 5. The Morgan fingerprint density at radius 3 is 2.28 bits per heavy atom. The third-order valence-corrected chi connectivity index (χ3v) is 2.72. The van der Waals surface area contributed by atoms with Crippen LogP contribution in [0.5, 0.6) is 0 Å². The number of likely N-dealkylation sites (N-methyl/N-ethyl adjacent to an activating group) is 2. The van der Waals surface area contributed by atoms with Crippen molar-refractivity contribution in [2.45, 2.75) is 13.8 Å². The Balaban J connectivity index is 0.000000321. The molecule has 1 aliphatic heterocycles. The molecule has 1 heterocycles. The largest absolute Gasteiger partial charge is 0.460 e. The lowest BCUT2D eigenvalue weighted by molar-refractivity contribution is -0.139. The van der Waals surface area contributed by atoms with E-state index in [1.165, 1.54) is 32.7 Å². The molecule has 5 heteroatoms. The summed E-state index contributed by atoms with van der Waals surface area (Å²) < 4.78 is 4.46. The normalized spacial score (nSPS) is 16.7. The van der Waals surface area contributed by atoms with Crippen LogP contribution in [0.25, 0.3) is 0 Å². The Bertz CT molecular complexity index is 249. The lowest BCUT2D eigenvalue weighted by Gasteiger charge is -2.31. The maximum absolute atomic E-state index is 10.5. The maximum atomic E-state index is 10.5. The summed E-state index contributed by atoms with van der Waals surface area (Å²) in [6.45, 7) is 13.3. The second-order valence-corrected chi connectivity index (χ2v) is 4.38. The van der Waals surface area contributed by atoms with Gasteiger partial charge in [0.1, 0.15) is 6.61 Å². The maximum Gasteiger partial charge on any atom is 0.333 e. The molecule has 0 aromatic carbocycles. The molecule has 0 radical (unpaired) electrons. The van der Waals surface area contributed by atoms with E-state index in [0.29, 0.717) is 5.57 Å². The van der Waals surface area contributed by atoms with Crippen LogP contribution in [0.4, 0.5) is 0 Å². The molecule has 1 rings (SSSR count). The van der Waals surface area contributed by atoms with Gasteiger partial charge in [-0.25, -0.2) is 4.79 Å². The van der Waals surface area contributed by atoms with Crippen LogP contribution in [0.15, 0.2) is 12.2 Å². The summed E-state index contributed by atoms with van der Waals surface area (Å²) in [6, 6.07) is 0. The molecule has 0 spiro atoms. The first-order valence-corrected chi connectivity index (χ1v) is 6.35. The average Bonchev–Trinajstić information content (AvgIpc) is 2.37. The highest BCUT2D eigenvalue weighted by atomic mass is 16.5. The number of carbonyl (C=O) groups is 1. The van der Waals surface area contributed by atoms with Crippen LogP contribution in [-0.2, 0) is 9.53 Å². The van der Waals surface area contributed by atoms with Crippen LogP contribution in [0.2, 0.25) is 0 Å². The fourth-order valence-electron chi connectivity index (χ4n) is 1.43. The van der Waals surface area contributed by atoms with E-state index in [4.69, 9.17) is 5.11 Å². The monoisotopic (exact) mass is 258 g/mol. The van der Waals surface area contributed by atoms with Crippen molar-refractivity contribution in [2.75, 3.05) is 53.0 Å². The van der Waals surface area contributed by atoms with Gasteiger partial charge in [-0.15, -0.1) is 0 Å². The molecular weight excluding hydrogens is 232 g/mol. The number of rotatable bonds is 4. The smallest absolute Gasteiger partial charge is 0.333 e. The van der Waals surface area contributed by atoms with Gasteiger partial charge < -0.3 is 19.6 Å². The summed E-state index contributed by atoms with van der Waals surface area (Å²) in [5, 5.41) is 8.19. The minimum Gasteiger partial charge on any atom is -0.460 e. The molecule has 5 nitrogen and oxygen atoms in total. The Morgan fingerprint density at radius 1 is 1.33 bits per heavy atom. The van der Waals surface area contributed by atoms with Gasteiger partial charge >= 0.3 is 5.97 Å². The van der Waals surface area contributed by atoms with E-state index in [0.717, 1.165) is 0 Å². The molecule has 0 saturated carbocycles. The molecule has 1 saturated heterocycles. The molecule has 18 heavy (non-hydrogen) atoms. The van der Waals surface area contributed by atoms with E-state index in [-0.39, 0.29) is 13.2 Å². The zero-order valence-electron chi connectivity index (χ0n) is 11.8. The van der Waals surface area contributed by atoms with E-state index in [1.807, 2.05) is 0 Å². The van der Waals surface area contributed by atoms with Crippen LogP contribution in [0.3, 0.4) is 0 Å². The first-order valence-electron chi connectivity index (χ1n) is 6.35. The number of aliphatic hydroxyl groups excluding tert-OH is 1. The summed E-state index contributed by atoms with van der Waals surface area (Å²) in [7, 11) is 2.19. The Hall–Kier alpha value is -0.910. The summed E-state index contributed by atoms with van der Waals surface area (Å²) in [5.74, 6) is -0.455. The minimum absolute atomic E-state index is 0.0473. The van der Waals surface area contributed by atoms with Crippen molar-refractivity contribution in [3.8, 4) is 0 Å². The summed E-state index contributed by atoms with van der Waals surface area (Å²) >= 11 is 0. The molecule has 1 N–H and O–H groups in total. The van der Waals surface area contributed by atoms with Gasteiger partial charge in [-0.2, -0.15) is 0 Å². The predicted octanol–water partition coefficient (Wildman–Crippen LogP) is 0.352. The molecular formula is C13H26N2O3. The Labute approximate surface area is 110 Å². The van der Waals surface area contributed by atoms with E-state index in [1.54, 1.807) is 6.92 Å². The topological polar surface area (TPSA) is 53.0 Å². The van der Waals surface area contributed by atoms with Gasteiger partial charge in [0, 0.05) is 31.8 Å². The number of hydrogen-bond donors (Lipinski definition) is 1. The first kappa shape index (κ1) is 17.1. The fraction of sp³-hybridized carbons (Fsp3) is 0.769. The number of esters is 1. The van der Waals surface area contributed by atoms with Crippen molar-refractivity contribution in [1.29, 1.82) is 0 Å². The fourth-order valence-corrected chi connectivity index (χ4v) is 1.43. The average molecular weight is 258 g/mol. The van der Waals surface area contributed by atoms with E-state index in [9.17, 15) is 4.79 Å². The third-order valence-electron chi connectivity index (χ3n) is 2.72. The van der Waals surface area contributed by atoms with Crippen LogP contribution >= 0.6 is 0 Å². The summed E-state index contributed by atoms with van der Waals surface area (Å²) in [6.07, 6.45) is 0. The van der Waals surface area contributed by atoms with Crippen LogP contribution in [0.1, 0.15) is 13.8 Å². The Morgan fingerprint density at radius 2 is 1.89 bits per heavy atom. The molecule has 0 bridgehead atoms. The lowest BCUT2D eigenvalue weighted by Crippen LogP contribution is -2.44. The first-order chi connectivity index (χ1) is 8.51. The Kier molecular flexibility index (Phi) is 9.55. The highest BCUT2D eigenvalue weighted by Crippen LogP contribution is 1.96. The van der Waals surface area contributed by atoms with Gasteiger partial charge in [0.25, 0.3) is 0 Å². The number of carbonyl (C=O) groups excluding carboxylic acids is 1. The molecule has 0 aliphatic carbocycles. The van der Waals surface area contributed by atoms with Crippen molar-refractivity contribution in [3.63, 3.8) is 0 Å². The van der Waals surface area contributed by atoms with Crippen molar-refractivity contribution >= 4 is 5.97 Å². The molecule has 106 valence electrons. The van der Waals surface area contributed by atoms with Crippen molar-refractivity contribution in [1.82, 2.24) is 9.80 Å². The number of piperazine rings is 1. The zero-order chi connectivity index (χ0) is 14.0. The molecule has 1 fully saturated rings. The van der Waals surface area contributed by atoms with Gasteiger partial charge in [-0.05, 0) is 20.5 Å². The van der Waals surface area contributed by atoms with Gasteiger partial charge in [-0.1, -0.05) is 13.5 Å². The minimum atomic E-state index is -0.455. The van der Waals surface area contributed by atoms with Crippen molar-refractivity contribution in [3.05, 3.63) is 12.2 Å². The van der Waals surface area contributed by atoms with E-state index < -0.39 is 5.97 Å². The lowest BCUT2D eigenvalue weighted by atomic mass is 10.3. The van der Waals surface area contributed by atoms with Crippen LogP contribution < -0.4 is 0 Å². The quantitative estimate of drug-likeness (QED) is 0.582. The highest BCUT2D eigenvalue weighted by Gasteiger charge is 2.10. The summed E-state index contributed by atoms with van der Waals surface area (Å²) in [5.41, 5.74) is 0.350. The predicted molar refractivity (Wildman–Crippen MR) is 72.5 cm³/mol. The molecule has 0 aromatic heterocycles. The SMILES string of the molecule is C=C(C)C(=O)OCCO.CCN1CCN(C)CC1. The molecule has 0 atom stereocenters. The molecule has 0 amide bonds. The molecule has 0 unspecified atom stereocenters. The van der Waals surface area contributed by atoms with Crippen molar-refractivity contribution in [2.24, 2.45) is 0 Å². The number of nitrogens with zero attached hydrogens (tertiary/aromatic N) is 2. The zero-order valence-corrected chi connectivity index (χ0v) is 11.8. The second-order valence-electron chi connectivity index (χ2n) is 4.38. The number of ether oxygens (including phenoxy) is 1. The van der Waals surface area contributed by atoms with Crippen LogP contribution in [-0.4, -0.2) is 73.9 Å². The summed E-state index contributed by atoms with van der Waals surface area (Å²) in [4.78, 5) is 15.3. The molecule has 0 aromatic rings. The van der Waals surface area contributed by atoms with E-state index in [2.05, 4.69) is 35.1 Å². The van der Waals surface area contributed by atoms with Gasteiger partial charge in [-0.3, -0.25) is 0 Å². The highest BCUT2D eigenvalue weighted by molar-refractivity contribution is 5.86. The molecule has 1 aliphatic rings. The van der Waals surface area contributed by atoms with Gasteiger partial charge in [0.2, 0.25) is 0 Å². The van der Waals surface area contributed by atoms with Crippen LogP contribution in [0, 0.1) is 0 Å². The van der Waals surface area contributed by atoms with Crippen molar-refractivity contribution < 1.29 is 14.6 Å². The second kappa shape index (κ2) is 10.1. The van der Waals surface area contributed by atoms with Gasteiger partial charge in [0.05, 0.1) is 6.61 Å². The standard InChI is InChI=1S/C7H16N2.C6H10O3/c1-3-9-6-4-8(2)5-7-9;1-5(2)6(8)9-4-3-7/h3-7H2,1-2H3;7H,1,3-4H2,2H3. The third kappa shape index (κ3) is 8.22. The van der Waals surface area contributed by atoms with E-state index >= 15 is 0 Å².